The number of hydrogen-bond donors (Lipinski definition) is 1. The second-order valence-electron chi connectivity index (χ2n) is 4.62. The lowest BCUT2D eigenvalue weighted by atomic mass is 9.95. The topological polar surface area (TPSA) is 21.3 Å². The number of ether oxygens (including phenoxy) is 1. The maximum Gasteiger partial charge on any atom is 0.137 e. The van der Waals surface area contributed by atoms with Gasteiger partial charge in [-0.2, -0.15) is 0 Å². The van der Waals surface area contributed by atoms with E-state index in [9.17, 15) is 0 Å². The second-order valence-corrected chi connectivity index (χ2v) is 5.94. The fourth-order valence-corrected chi connectivity index (χ4v) is 2.99. The highest BCUT2D eigenvalue weighted by atomic mass is 79.9. The number of methoxy groups -OCH3 is 1. The molecule has 20 heavy (non-hydrogen) atoms. The Morgan fingerprint density at radius 1 is 1.20 bits per heavy atom. The summed E-state index contributed by atoms with van der Waals surface area (Å²) in [4.78, 5) is 0. The molecule has 0 heterocycles. The minimum absolute atomic E-state index is 0.106. The van der Waals surface area contributed by atoms with Gasteiger partial charge in [0.15, 0.2) is 0 Å². The van der Waals surface area contributed by atoms with Gasteiger partial charge in [0.25, 0.3) is 0 Å². The first kappa shape index (κ1) is 15.4. The Labute approximate surface area is 133 Å². The molecule has 0 fully saturated rings. The molecule has 0 aromatic heterocycles. The normalized spacial score (nSPS) is 12.2. The molecule has 0 aliphatic rings. The second kappa shape index (κ2) is 6.61. The van der Waals surface area contributed by atoms with Crippen molar-refractivity contribution in [1.29, 1.82) is 0 Å². The number of benzene rings is 2. The highest BCUT2D eigenvalue weighted by Gasteiger charge is 2.16. The van der Waals surface area contributed by atoms with Gasteiger partial charge in [0, 0.05) is 4.47 Å². The molecule has 1 N–H and O–H groups in total. The van der Waals surface area contributed by atoms with Gasteiger partial charge in [-0.3, -0.25) is 0 Å². The highest BCUT2D eigenvalue weighted by Crippen LogP contribution is 2.32. The molecule has 0 amide bonds. The number of aryl methyl sites for hydroxylation is 1. The molecule has 0 bridgehead atoms. The van der Waals surface area contributed by atoms with Crippen molar-refractivity contribution in [3.8, 4) is 5.75 Å². The van der Waals surface area contributed by atoms with E-state index in [0.29, 0.717) is 10.8 Å². The zero-order chi connectivity index (χ0) is 14.7. The molecule has 106 valence electrons. The Morgan fingerprint density at radius 2 is 1.95 bits per heavy atom. The molecule has 1 atom stereocenters. The van der Waals surface area contributed by atoms with Crippen molar-refractivity contribution >= 4 is 27.5 Å². The zero-order valence-electron chi connectivity index (χ0n) is 11.7. The van der Waals surface area contributed by atoms with E-state index in [4.69, 9.17) is 16.3 Å². The minimum atomic E-state index is 0.106. The smallest absolute Gasteiger partial charge is 0.137 e. The van der Waals surface area contributed by atoms with Gasteiger partial charge in [0.2, 0.25) is 0 Å². The van der Waals surface area contributed by atoms with E-state index in [1.54, 1.807) is 7.11 Å². The van der Waals surface area contributed by atoms with E-state index in [2.05, 4.69) is 46.4 Å². The third-order valence-electron chi connectivity index (χ3n) is 3.34. The Morgan fingerprint density at radius 3 is 2.55 bits per heavy atom. The average Bonchev–Trinajstić information content (AvgIpc) is 2.43. The molecule has 2 nitrogen and oxygen atoms in total. The van der Waals surface area contributed by atoms with E-state index >= 15 is 0 Å². The Kier molecular flexibility index (Phi) is 5.08. The van der Waals surface area contributed by atoms with Crippen LogP contribution in [-0.2, 0) is 0 Å². The summed E-state index contributed by atoms with van der Waals surface area (Å²) in [6.45, 7) is 2.11. The van der Waals surface area contributed by atoms with E-state index < -0.39 is 0 Å². The molecule has 2 rings (SSSR count). The Balaban J connectivity index is 2.46. The predicted molar refractivity (Wildman–Crippen MR) is 87.8 cm³/mol. The third kappa shape index (κ3) is 3.17. The van der Waals surface area contributed by atoms with Crippen LogP contribution >= 0.6 is 27.5 Å². The monoisotopic (exact) mass is 353 g/mol. The third-order valence-corrected chi connectivity index (χ3v) is 4.15. The van der Waals surface area contributed by atoms with Crippen LogP contribution in [0.4, 0.5) is 0 Å². The van der Waals surface area contributed by atoms with Crippen LogP contribution in [0.1, 0.15) is 22.7 Å². The van der Waals surface area contributed by atoms with Crippen LogP contribution in [0.5, 0.6) is 5.75 Å². The molecule has 2 aromatic carbocycles. The maximum atomic E-state index is 6.09. The van der Waals surface area contributed by atoms with Crippen LogP contribution in [0.3, 0.4) is 0 Å². The number of rotatable bonds is 4. The van der Waals surface area contributed by atoms with Crippen molar-refractivity contribution in [1.82, 2.24) is 5.32 Å². The van der Waals surface area contributed by atoms with Crippen LogP contribution in [0, 0.1) is 6.92 Å². The molecule has 2 aromatic rings. The van der Waals surface area contributed by atoms with Gasteiger partial charge in [0.1, 0.15) is 5.75 Å². The van der Waals surface area contributed by atoms with Crippen molar-refractivity contribution < 1.29 is 4.74 Å². The van der Waals surface area contributed by atoms with E-state index in [1.807, 2.05) is 25.2 Å². The summed E-state index contributed by atoms with van der Waals surface area (Å²) in [7, 11) is 3.58. The molecule has 0 aliphatic carbocycles. The Bertz CT molecular complexity index is 615. The zero-order valence-corrected chi connectivity index (χ0v) is 14.0. The molecule has 4 heteroatoms. The molecule has 0 aliphatic heterocycles. The number of halogens is 2. The lowest BCUT2D eigenvalue weighted by Crippen LogP contribution is -2.18. The van der Waals surface area contributed by atoms with Crippen molar-refractivity contribution in [2.24, 2.45) is 0 Å². The average molecular weight is 355 g/mol. The molecular weight excluding hydrogens is 338 g/mol. The van der Waals surface area contributed by atoms with Gasteiger partial charge < -0.3 is 10.1 Å². The number of nitrogens with one attached hydrogen (secondary N) is 1. The van der Waals surface area contributed by atoms with E-state index in [-0.39, 0.29) is 6.04 Å². The van der Waals surface area contributed by atoms with Gasteiger partial charge in [0.05, 0.1) is 18.2 Å². The van der Waals surface area contributed by atoms with E-state index in [0.717, 1.165) is 10.0 Å². The summed E-state index contributed by atoms with van der Waals surface area (Å²) < 4.78 is 6.38. The van der Waals surface area contributed by atoms with Crippen LogP contribution < -0.4 is 10.1 Å². The fourth-order valence-electron chi connectivity index (χ4n) is 2.32. The SMILES string of the molecule is CNC(c1ccc(Cl)c(OC)c1)c1ccc(Br)cc1C. The molecule has 0 radical (unpaired) electrons. The van der Waals surface area contributed by atoms with Crippen molar-refractivity contribution in [3.63, 3.8) is 0 Å². The summed E-state index contributed by atoms with van der Waals surface area (Å²) in [5, 5.41) is 3.98. The van der Waals surface area contributed by atoms with E-state index in [1.165, 1.54) is 11.1 Å². The van der Waals surface area contributed by atoms with Gasteiger partial charge in [-0.05, 0) is 54.9 Å². The lowest BCUT2D eigenvalue weighted by Gasteiger charge is -2.20. The highest BCUT2D eigenvalue weighted by molar-refractivity contribution is 9.10. The lowest BCUT2D eigenvalue weighted by molar-refractivity contribution is 0.414. The van der Waals surface area contributed by atoms with Gasteiger partial charge in [-0.15, -0.1) is 0 Å². The summed E-state index contributed by atoms with van der Waals surface area (Å²) >= 11 is 9.59. The van der Waals surface area contributed by atoms with Crippen LogP contribution in [0.15, 0.2) is 40.9 Å². The first-order valence-electron chi connectivity index (χ1n) is 6.33. The molecule has 0 spiro atoms. The van der Waals surface area contributed by atoms with Crippen molar-refractivity contribution in [2.75, 3.05) is 14.2 Å². The summed E-state index contributed by atoms with van der Waals surface area (Å²) in [6, 6.07) is 12.3. The first-order chi connectivity index (χ1) is 9.56. The summed E-state index contributed by atoms with van der Waals surface area (Å²) in [6.07, 6.45) is 0. The standard InChI is InChI=1S/C16H17BrClNO/c1-10-8-12(17)5-6-13(10)16(19-2)11-4-7-14(18)15(9-11)20-3/h4-9,16,19H,1-3H3. The van der Waals surface area contributed by atoms with Crippen LogP contribution in [0.25, 0.3) is 0 Å². The van der Waals surface area contributed by atoms with Gasteiger partial charge in [-0.25, -0.2) is 0 Å². The quantitative estimate of drug-likeness (QED) is 0.857. The first-order valence-corrected chi connectivity index (χ1v) is 7.50. The Hall–Kier alpha value is -1.03. The largest absolute Gasteiger partial charge is 0.495 e. The van der Waals surface area contributed by atoms with Gasteiger partial charge in [-0.1, -0.05) is 39.7 Å². The molecular formula is C16H17BrClNO. The van der Waals surface area contributed by atoms with Gasteiger partial charge >= 0.3 is 0 Å². The predicted octanol–water partition coefficient (Wildman–Crippen LogP) is 4.73. The van der Waals surface area contributed by atoms with Crippen LogP contribution in [-0.4, -0.2) is 14.2 Å². The number of hydrogen-bond acceptors (Lipinski definition) is 2. The summed E-state index contributed by atoms with van der Waals surface area (Å²) in [5.41, 5.74) is 3.59. The molecule has 0 saturated carbocycles. The van der Waals surface area contributed by atoms with Crippen molar-refractivity contribution in [2.45, 2.75) is 13.0 Å². The fraction of sp³-hybridized carbons (Fsp3) is 0.250. The minimum Gasteiger partial charge on any atom is -0.495 e. The molecule has 1 unspecified atom stereocenters. The molecule has 0 saturated heterocycles. The van der Waals surface area contributed by atoms with Crippen LogP contribution in [0.2, 0.25) is 5.02 Å². The summed E-state index contributed by atoms with van der Waals surface area (Å²) in [5.74, 6) is 0.694. The maximum absolute atomic E-state index is 6.09. The van der Waals surface area contributed by atoms with Crippen molar-refractivity contribution in [3.05, 3.63) is 62.6 Å².